The summed E-state index contributed by atoms with van der Waals surface area (Å²) in [6, 6.07) is 16.4. The summed E-state index contributed by atoms with van der Waals surface area (Å²) < 4.78 is 6.54. The molecule has 228 valence electrons. The average molecular weight is 619 g/mol. The van der Waals surface area contributed by atoms with Crippen molar-refractivity contribution >= 4 is 35.0 Å². The van der Waals surface area contributed by atoms with E-state index in [-0.39, 0.29) is 5.41 Å². The number of fused-ring (bicyclic) bond motifs is 3. The Labute approximate surface area is 265 Å². The minimum Gasteiger partial charge on any atom is -0.493 e. The fourth-order valence-electron chi connectivity index (χ4n) is 8.20. The first kappa shape index (κ1) is 30.3. The van der Waals surface area contributed by atoms with Crippen molar-refractivity contribution in [2.45, 2.75) is 93.4 Å². The number of carboxylic acid groups (broad SMARTS) is 1. The molecule has 1 saturated carbocycles. The van der Waals surface area contributed by atoms with E-state index in [4.69, 9.17) is 16.3 Å². The minimum atomic E-state index is -1.01. The van der Waals surface area contributed by atoms with Crippen molar-refractivity contribution in [2.24, 2.45) is 11.8 Å². The van der Waals surface area contributed by atoms with Crippen LogP contribution in [0.15, 0.2) is 59.6 Å². The SMILES string of the molecule is CSc1ccc2c(c1)C1(CCC(Nc3cccc(Cl)c3)(C(=O)O)CC1)C(C[C@@H](C)COc1ccnc3c1[C@H](C)CCC3)C2. The Hall–Kier alpha value is -2.70. The van der Waals surface area contributed by atoms with E-state index in [2.05, 4.69) is 48.6 Å². The molecule has 1 aromatic heterocycles. The predicted octanol–water partition coefficient (Wildman–Crippen LogP) is 8.92. The van der Waals surface area contributed by atoms with Gasteiger partial charge in [-0.1, -0.05) is 37.6 Å². The van der Waals surface area contributed by atoms with Gasteiger partial charge >= 0.3 is 5.97 Å². The van der Waals surface area contributed by atoms with Crippen molar-refractivity contribution in [3.63, 3.8) is 0 Å². The van der Waals surface area contributed by atoms with Crippen molar-refractivity contribution < 1.29 is 14.6 Å². The fraction of sp³-hybridized carbons (Fsp3) is 0.500. The molecule has 3 aromatic rings. The number of aryl methyl sites for hydroxylation is 1. The molecule has 5 nitrogen and oxygen atoms in total. The van der Waals surface area contributed by atoms with Crippen LogP contribution in [0.5, 0.6) is 5.75 Å². The molecule has 0 bridgehead atoms. The number of ether oxygens (including phenoxy) is 1. The molecule has 2 aromatic carbocycles. The van der Waals surface area contributed by atoms with Crippen LogP contribution < -0.4 is 10.1 Å². The van der Waals surface area contributed by atoms with Gasteiger partial charge in [0.2, 0.25) is 0 Å². The summed E-state index contributed by atoms with van der Waals surface area (Å²) in [6.07, 6.45) is 12.4. The Morgan fingerprint density at radius 2 is 2.00 bits per heavy atom. The van der Waals surface area contributed by atoms with Crippen LogP contribution in [0.4, 0.5) is 5.69 Å². The lowest BCUT2D eigenvalue weighted by molar-refractivity contribution is -0.144. The van der Waals surface area contributed by atoms with Gasteiger partial charge in [-0.3, -0.25) is 4.98 Å². The van der Waals surface area contributed by atoms with Crippen LogP contribution in [-0.2, 0) is 23.1 Å². The number of nitrogens with one attached hydrogen (secondary N) is 1. The smallest absolute Gasteiger partial charge is 0.329 e. The summed E-state index contributed by atoms with van der Waals surface area (Å²) in [5, 5.41) is 14.5. The first-order chi connectivity index (χ1) is 20.7. The summed E-state index contributed by atoms with van der Waals surface area (Å²) in [6.45, 7) is 5.28. The van der Waals surface area contributed by atoms with Crippen LogP contribution in [-0.4, -0.2) is 34.5 Å². The van der Waals surface area contributed by atoms with Crippen molar-refractivity contribution in [3.05, 3.63) is 82.1 Å². The Balaban J connectivity index is 1.22. The van der Waals surface area contributed by atoms with Gasteiger partial charge in [-0.25, -0.2) is 4.79 Å². The van der Waals surface area contributed by atoms with Crippen LogP contribution in [0, 0.1) is 11.8 Å². The monoisotopic (exact) mass is 618 g/mol. The highest BCUT2D eigenvalue weighted by molar-refractivity contribution is 7.98. The number of halogens is 1. The number of carboxylic acids is 1. The van der Waals surface area contributed by atoms with Gasteiger partial charge in [-0.05, 0) is 135 Å². The molecule has 0 radical (unpaired) electrons. The molecule has 3 aliphatic rings. The molecule has 1 spiro atoms. The lowest BCUT2D eigenvalue weighted by Gasteiger charge is -2.47. The molecule has 0 saturated heterocycles. The standard InChI is InChI=1S/C36H43ClN2O3S/c1-23(22-42-32-12-17-38-31-9-4-6-24(2)33(31)32)18-26-19-25-10-11-29(43-3)21-30(25)35(26)13-15-36(16-14-35,34(40)41)39-28-8-5-7-27(37)20-28/h5,7-8,10-12,17,20-21,23-24,26,39H,4,6,9,13-16,18-19,22H2,1-3H3,(H,40,41)/t23-,24-,26?,35?,36?/m1/s1. The number of thioether (sulfide) groups is 1. The largest absolute Gasteiger partial charge is 0.493 e. The molecule has 0 aliphatic heterocycles. The highest BCUT2D eigenvalue weighted by Crippen LogP contribution is 2.56. The second-order valence-electron chi connectivity index (χ2n) is 13.2. The van der Waals surface area contributed by atoms with Gasteiger partial charge in [0.1, 0.15) is 11.3 Å². The van der Waals surface area contributed by atoms with Crippen LogP contribution in [0.3, 0.4) is 0 Å². The van der Waals surface area contributed by atoms with Gasteiger partial charge in [0.05, 0.1) is 6.61 Å². The molecule has 2 N–H and O–H groups in total. The number of rotatable bonds is 9. The maximum atomic E-state index is 12.8. The van der Waals surface area contributed by atoms with Gasteiger partial charge < -0.3 is 15.2 Å². The number of aromatic nitrogens is 1. The quantitative estimate of drug-likeness (QED) is 0.233. The van der Waals surface area contributed by atoms with E-state index >= 15 is 0 Å². The fourth-order valence-corrected chi connectivity index (χ4v) is 8.83. The molecule has 0 amide bonds. The number of nitrogens with zero attached hydrogens (tertiary/aromatic N) is 1. The van der Waals surface area contributed by atoms with E-state index in [0.717, 1.165) is 43.5 Å². The third-order valence-electron chi connectivity index (χ3n) is 10.5. The molecule has 1 heterocycles. The summed E-state index contributed by atoms with van der Waals surface area (Å²) in [7, 11) is 0. The van der Waals surface area contributed by atoms with Crippen LogP contribution in [0.25, 0.3) is 0 Å². The summed E-state index contributed by atoms with van der Waals surface area (Å²) in [4.78, 5) is 18.7. The number of hydrogen-bond acceptors (Lipinski definition) is 5. The maximum absolute atomic E-state index is 12.8. The van der Waals surface area contributed by atoms with Crippen molar-refractivity contribution in [1.82, 2.24) is 4.98 Å². The lowest BCUT2D eigenvalue weighted by atomic mass is 9.59. The summed E-state index contributed by atoms with van der Waals surface area (Å²) in [5.74, 6) is 1.52. The summed E-state index contributed by atoms with van der Waals surface area (Å²) >= 11 is 8.02. The highest BCUT2D eigenvalue weighted by atomic mass is 35.5. The van der Waals surface area contributed by atoms with E-state index in [1.165, 1.54) is 40.1 Å². The number of carbonyl (C=O) groups is 1. The van der Waals surface area contributed by atoms with Gasteiger partial charge in [0.25, 0.3) is 0 Å². The molecular formula is C36H43ClN2O3S. The number of pyridine rings is 1. The lowest BCUT2D eigenvalue weighted by Crippen LogP contribution is -2.53. The molecule has 1 unspecified atom stereocenters. The molecular weight excluding hydrogens is 576 g/mol. The zero-order valence-electron chi connectivity index (χ0n) is 25.5. The Kier molecular flexibility index (Phi) is 8.72. The number of benzene rings is 2. The highest BCUT2D eigenvalue weighted by Gasteiger charge is 2.54. The topological polar surface area (TPSA) is 71.5 Å². The molecule has 43 heavy (non-hydrogen) atoms. The summed E-state index contributed by atoms with van der Waals surface area (Å²) in [5.41, 5.74) is 5.10. The Bertz CT molecular complexity index is 1490. The van der Waals surface area contributed by atoms with Crippen LogP contribution >= 0.6 is 23.4 Å². The third kappa shape index (κ3) is 5.90. The molecule has 1 fully saturated rings. The number of aliphatic carboxylic acids is 1. The van der Waals surface area contributed by atoms with Crippen LogP contribution in [0.1, 0.15) is 87.1 Å². The van der Waals surface area contributed by atoms with Gasteiger partial charge in [-0.15, -0.1) is 11.8 Å². The van der Waals surface area contributed by atoms with Crippen molar-refractivity contribution in [1.29, 1.82) is 0 Å². The second kappa shape index (κ2) is 12.4. The zero-order valence-corrected chi connectivity index (χ0v) is 27.1. The van der Waals surface area contributed by atoms with E-state index in [9.17, 15) is 9.90 Å². The zero-order chi connectivity index (χ0) is 30.2. The first-order valence-electron chi connectivity index (χ1n) is 15.8. The first-order valence-corrected chi connectivity index (χ1v) is 17.4. The molecule has 6 rings (SSSR count). The normalized spacial score (nSPS) is 26.9. The maximum Gasteiger partial charge on any atom is 0.329 e. The average Bonchev–Trinajstić information content (AvgIpc) is 3.28. The Morgan fingerprint density at radius 3 is 2.74 bits per heavy atom. The predicted molar refractivity (Wildman–Crippen MR) is 176 cm³/mol. The molecule has 3 aliphatic carbocycles. The second-order valence-corrected chi connectivity index (χ2v) is 14.5. The number of hydrogen-bond donors (Lipinski definition) is 2. The third-order valence-corrected chi connectivity index (χ3v) is 11.5. The minimum absolute atomic E-state index is 0.0331. The van der Waals surface area contributed by atoms with E-state index < -0.39 is 11.5 Å². The number of anilines is 1. The van der Waals surface area contributed by atoms with E-state index in [1.807, 2.05) is 36.5 Å². The van der Waals surface area contributed by atoms with Crippen LogP contribution in [0.2, 0.25) is 5.02 Å². The van der Waals surface area contributed by atoms with Gasteiger partial charge in [-0.2, -0.15) is 0 Å². The molecule has 3 atom stereocenters. The van der Waals surface area contributed by atoms with E-state index in [0.29, 0.717) is 42.2 Å². The van der Waals surface area contributed by atoms with Gasteiger partial charge in [0, 0.05) is 33.1 Å². The Morgan fingerprint density at radius 1 is 1.19 bits per heavy atom. The molecule has 7 heteroatoms. The van der Waals surface area contributed by atoms with Gasteiger partial charge in [0.15, 0.2) is 0 Å². The van der Waals surface area contributed by atoms with Crippen molar-refractivity contribution in [2.75, 3.05) is 18.2 Å². The van der Waals surface area contributed by atoms with Crippen molar-refractivity contribution in [3.8, 4) is 5.75 Å². The van der Waals surface area contributed by atoms with E-state index in [1.54, 1.807) is 11.8 Å².